The molecule has 0 aliphatic rings. The second-order valence-corrected chi connectivity index (χ2v) is 5.79. The number of non-ortho nitro benzene ring substituents is 1. The molecule has 0 bridgehead atoms. The molecule has 0 unspecified atom stereocenters. The van der Waals surface area contributed by atoms with Crippen LogP contribution in [0.1, 0.15) is 32.2 Å². The molecule has 1 heterocycles. The van der Waals surface area contributed by atoms with Crippen molar-refractivity contribution in [3.63, 3.8) is 0 Å². The number of rotatable bonds is 4. The van der Waals surface area contributed by atoms with Gasteiger partial charge in [-0.2, -0.15) is 10.5 Å². The van der Waals surface area contributed by atoms with E-state index in [-0.39, 0.29) is 22.5 Å². The lowest BCUT2D eigenvalue weighted by Gasteiger charge is -2.22. The number of nitro groups is 1. The highest BCUT2D eigenvalue weighted by Gasteiger charge is 2.20. The fourth-order valence-corrected chi connectivity index (χ4v) is 1.99. The molecule has 0 spiro atoms. The molecule has 0 radical (unpaired) electrons. The van der Waals surface area contributed by atoms with Crippen molar-refractivity contribution in [1.29, 1.82) is 5.26 Å². The Bertz CT molecular complexity index is 782. The molecule has 2 aromatic rings. The lowest BCUT2D eigenvalue weighted by Crippen LogP contribution is -2.14. The molecule has 23 heavy (non-hydrogen) atoms. The minimum atomic E-state index is -0.467. The number of benzene rings is 1. The van der Waals surface area contributed by atoms with Gasteiger partial charge in [0.15, 0.2) is 0 Å². The average molecular weight is 313 g/mol. The summed E-state index contributed by atoms with van der Waals surface area (Å²) in [5, 5.41) is 36.2. The van der Waals surface area contributed by atoms with Crippen molar-refractivity contribution in [3.05, 3.63) is 45.9 Å². The van der Waals surface area contributed by atoms with Gasteiger partial charge in [-0.25, -0.2) is 0 Å². The van der Waals surface area contributed by atoms with Crippen LogP contribution in [-0.2, 0) is 5.41 Å². The maximum atomic E-state index is 11.0. The van der Waals surface area contributed by atoms with Gasteiger partial charge >= 0.3 is 0 Å². The normalized spacial score (nSPS) is 11.8. The second kappa shape index (κ2) is 6.23. The Morgan fingerprint density at radius 2 is 2.22 bits per heavy atom. The number of hydrogen-bond donors (Lipinski definition) is 2. The van der Waals surface area contributed by atoms with Gasteiger partial charge in [0.2, 0.25) is 5.82 Å². The van der Waals surface area contributed by atoms with Crippen molar-refractivity contribution in [2.75, 3.05) is 5.32 Å². The van der Waals surface area contributed by atoms with E-state index in [9.17, 15) is 10.1 Å². The van der Waals surface area contributed by atoms with Gasteiger partial charge in [-0.3, -0.25) is 10.1 Å². The second-order valence-electron chi connectivity index (χ2n) is 5.79. The van der Waals surface area contributed by atoms with Crippen molar-refractivity contribution >= 4 is 16.9 Å². The topological polar surface area (TPSA) is 133 Å². The molecule has 0 atom stereocenters. The Labute approximate surface area is 132 Å². The summed E-state index contributed by atoms with van der Waals surface area (Å²) in [4.78, 5) is 10.5. The molecule has 0 aliphatic carbocycles. The number of allylic oxidation sites excluding steroid dienone is 1. The molecule has 0 aliphatic heterocycles. The van der Waals surface area contributed by atoms with Crippen molar-refractivity contribution in [1.82, 2.24) is 20.6 Å². The predicted octanol–water partition coefficient (Wildman–Crippen LogP) is 2.38. The Hall–Kier alpha value is -3.28. The fourth-order valence-electron chi connectivity index (χ4n) is 1.99. The van der Waals surface area contributed by atoms with E-state index in [1.807, 2.05) is 26.8 Å². The highest BCUT2D eigenvalue weighted by molar-refractivity contribution is 5.75. The lowest BCUT2D eigenvalue weighted by molar-refractivity contribution is -0.384. The minimum absolute atomic E-state index is 0.0352. The van der Waals surface area contributed by atoms with Gasteiger partial charge < -0.3 is 5.32 Å². The lowest BCUT2D eigenvalue weighted by atomic mass is 9.85. The summed E-state index contributed by atoms with van der Waals surface area (Å²) in [6, 6.07) is 6.54. The number of nitrogens with zero attached hydrogens (tertiary/aromatic N) is 5. The van der Waals surface area contributed by atoms with Crippen molar-refractivity contribution in [2.24, 2.45) is 0 Å². The van der Waals surface area contributed by atoms with Crippen LogP contribution in [-0.4, -0.2) is 25.5 Å². The summed E-state index contributed by atoms with van der Waals surface area (Å²) in [5.74, 6) is 0.141. The van der Waals surface area contributed by atoms with Gasteiger partial charge in [-0.15, -0.1) is 10.2 Å². The van der Waals surface area contributed by atoms with Gasteiger partial charge in [-0.1, -0.05) is 20.8 Å². The van der Waals surface area contributed by atoms with Crippen LogP contribution in [0.3, 0.4) is 0 Å². The molecule has 0 saturated carbocycles. The highest BCUT2D eigenvalue weighted by atomic mass is 16.6. The third kappa shape index (κ3) is 3.68. The van der Waals surface area contributed by atoms with E-state index < -0.39 is 4.92 Å². The van der Waals surface area contributed by atoms with E-state index in [2.05, 4.69) is 25.9 Å². The quantitative estimate of drug-likeness (QED) is 0.502. The van der Waals surface area contributed by atoms with Crippen molar-refractivity contribution in [3.8, 4) is 6.07 Å². The number of anilines is 1. The molecule has 0 fully saturated rings. The number of hydrogen-bond acceptors (Lipinski definition) is 7. The molecule has 0 saturated heterocycles. The predicted molar refractivity (Wildman–Crippen MR) is 83.2 cm³/mol. The Morgan fingerprint density at radius 3 is 2.74 bits per heavy atom. The first-order valence-corrected chi connectivity index (χ1v) is 6.72. The maximum Gasteiger partial charge on any atom is 0.271 e. The van der Waals surface area contributed by atoms with Crippen LogP contribution in [0.2, 0.25) is 0 Å². The summed E-state index contributed by atoms with van der Waals surface area (Å²) >= 11 is 0. The molecule has 1 aromatic heterocycles. The Morgan fingerprint density at radius 1 is 1.48 bits per heavy atom. The summed E-state index contributed by atoms with van der Waals surface area (Å²) in [7, 11) is 0. The third-order valence-electron chi connectivity index (χ3n) is 3.10. The van der Waals surface area contributed by atoms with E-state index in [0.717, 1.165) is 5.56 Å². The van der Waals surface area contributed by atoms with Gasteiger partial charge in [0.1, 0.15) is 11.6 Å². The third-order valence-corrected chi connectivity index (χ3v) is 3.10. The number of aromatic amines is 1. The Balaban J connectivity index is 2.43. The molecule has 2 N–H and O–H groups in total. The first-order chi connectivity index (χ1) is 10.8. The van der Waals surface area contributed by atoms with E-state index in [1.165, 1.54) is 18.3 Å². The highest BCUT2D eigenvalue weighted by Crippen LogP contribution is 2.32. The van der Waals surface area contributed by atoms with Crippen molar-refractivity contribution in [2.45, 2.75) is 26.2 Å². The van der Waals surface area contributed by atoms with E-state index in [4.69, 9.17) is 5.26 Å². The van der Waals surface area contributed by atoms with E-state index in [0.29, 0.717) is 5.69 Å². The van der Waals surface area contributed by atoms with Crippen LogP contribution < -0.4 is 5.32 Å². The largest absolute Gasteiger partial charge is 0.360 e. The van der Waals surface area contributed by atoms with Crippen LogP contribution in [0.15, 0.2) is 24.4 Å². The molecular formula is C14H15N7O2. The van der Waals surface area contributed by atoms with Crippen LogP contribution >= 0.6 is 0 Å². The molecule has 0 amide bonds. The number of H-pyrrole nitrogens is 1. The van der Waals surface area contributed by atoms with E-state index >= 15 is 0 Å². The number of nitro benzene ring substituents is 1. The number of aromatic nitrogens is 4. The van der Waals surface area contributed by atoms with E-state index in [1.54, 1.807) is 6.07 Å². The molecule has 9 heteroatoms. The van der Waals surface area contributed by atoms with Crippen molar-refractivity contribution < 1.29 is 4.92 Å². The van der Waals surface area contributed by atoms with Crippen LogP contribution in [0.5, 0.6) is 0 Å². The number of nitrogens with one attached hydrogen (secondary N) is 2. The molecular weight excluding hydrogens is 298 g/mol. The standard InChI is InChI=1S/C14H15N7O2/c1-14(2,3)11-5-4-10(21(22)23)6-12(11)16-8-9(7-15)13-17-19-20-18-13/h4-6,8,16H,1-3H3,(H,17,18,19,20). The first-order valence-electron chi connectivity index (χ1n) is 6.72. The zero-order valence-corrected chi connectivity index (χ0v) is 12.9. The SMILES string of the molecule is CC(C)(C)c1ccc([N+](=O)[O-])cc1NC=C(C#N)c1nn[nH]n1. The summed E-state index contributed by atoms with van der Waals surface area (Å²) < 4.78 is 0. The zero-order chi connectivity index (χ0) is 17.0. The summed E-state index contributed by atoms with van der Waals surface area (Å²) in [5.41, 5.74) is 1.31. The molecule has 1 aromatic carbocycles. The van der Waals surface area contributed by atoms with Crippen LogP contribution in [0, 0.1) is 21.4 Å². The molecule has 118 valence electrons. The average Bonchev–Trinajstić information content (AvgIpc) is 3.00. The van der Waals surface area contributed by atoms with Gasteiger partial charge in [0.25, 0.3) is 5.69 Å². The van der Waals surface area contributed by atoms with Gasteiger partial charge in [0.05, 0.1) is 4.92 Å². The van der Waals surface area contributed by atoms with Crippen LogP contribution in [0.4, 0.5) is 11.4 Å². The number of tetrazole rings is 1. The summed E-state index contributed by atoms with van der Waals surface area (Å²) in [6.07, 6.45) is 1.40. The zero-order valence-electron chi connectivity index (χ0n) is 12.9. The first kappa shape index (κ1) is 16.1. The molecule has 2 rings (SSSR count). The Kier molecular flexibility index (Phi) is 4.36. The summed E-state index contributed by atoms with van der Waals surface area (Å²) in [6.45, 7) is 5.98. The molecule has 9 nitrogen and oxygen atoms in total. The van der Waals surface area contributed by atoms with Gasteiger partial charge in [0, 0.05) is 24.0 Å². The minimum Gasteiger partial charge on any atom is -0.360 e. The monoisotopic (exact) mass is 313 g/mol. The maximum absolute atomic E-state index is 11.0. The van der Waals surface area contributed by atoms with Gasteiger partial charge in [-0.05, 0) is 22.3 Å². The smallest absolute Gasteiger partial charge is 0.271 e. The van der Waals surface area contributed by atoms with Crippen LogP contribution in [0.25, 0.3) is 5.57 Å². The number of nitriles is 1. The fraction of sp³-hybridized carbons (Fsp3) is 0.286.